The van der Waals surface area contributed by atoms with E-state index >= 15 is 0 Å². The first kappa shape index (κ1) is 15.5. The molecular weight excluding hydrogens is 325 g/mol. The van der Waals surface area contributed by atoms with Crippen LogP contribution in [0.25, 0.3) is 0 Å². The van der Waals surface area contributed by atoms with E-state index in [4.69, 9.17) is 11.6 Å². The highest BCUT2D eigenvalue weighted by atomic mass is 35.5. The van der Waals surface area contributed by atoms with Crippen molar-refractivity contribution in [3.63, 3.8) is 0 Å². The van der Waals surface area contributed by atoms with E-state index in [-0.39, 0.29) is 16.8 Å². The fourth-order valence-electron chi connectivity index (χ4n) is 2.84. The quantitative estimate of drug-likeness (QED) is 0.847. The van der Waals surface area contributed by atoms with Crippen LogP contribution in [0.4, 0.5) is 4.39 Å². The number of sulfonamides is 1. The van der Waals surface area contributed by atoms with Crippen LogP contribution < -0.4 is 0 Å². The largest absolute Gasteiger partial charge is 0.243 e. The maximum absolute atomic E-state index is 13.4. The molecule has 3 nitrogen and oxygen atoms in total. The van der Waals surface area contributed by atoms with Crippen molar-refractivity contribution in [2.45, 2.75) is 23.8 Å². The van der Waals surface area contributed by atoms with Gasteiger partial charge in [-0.3, -0.25) is 0 Å². The van der Waals surface area contributed by atoms with Crippen molar-refractivity contribution in [1.82, 2.24) is 4.31 Å². The number of nitrogens with zero attached hydrogens (tertiary/aromatic N) is 1. The summed E-state index contributed by atoms with van der Waals surface area (Å²) in [6, 6.07) is 12.0. The van der Waals surface area contributed by atoms with Crippen LogP contribution in [0.5, 0.6) is 0 Å². The third kappa shape index (κ3) is 2.89. The van der Waals surface area contributed by atoms with Gasteiger partial charge in [0, 0.05) is 11.6 Å². The summed E-state index contributed by atoms with van der Waals surface area (Å²) < 4.78 is 40.5. The van der Waals surface area contributed by atoms with Crippen LogP contribution >= 0.6 is 11.6 Å². The third-order valence-electron chi connectivity index (χ3n) is 3.84. The summed E-state index contributed by atoms with van der Waals surface area (Å²) in [5.41, 5.74) is 0.683. The van der Waals surface area contributed by atoms with Crippen molar-refractivity contribution in [3.8, 4) is 0 Å². The molecule has 2 aromatic rings. The van der Waals surface area contributed by atoms with E-state index < -0.39 is 10.0 Å². The summed E-state index contributed by atoms with van der Waals surface area (Å²) in [6.45, 7) is 0.427. The minimum absolute atomic E-state index is 0.170. The van der Waals surface area contributed by atoms with Crippen LogP contribution in [0.1, 0.15) is 24.4 Å². The first-order valence-corrected chi connectivity index (χ1v) is 8.83. The van der Waals surface area contributed by atoms with Gasteiger partial charge in [0.25, 0.3) is 0 Å². The Morgan fingerprint density at radius 1 is 1.14 bits per heavy atom. The molecule has 116 valence electrons. The van der Waals surface area contributed by atoms with Crippen molar-refractivity contribution < 1.29 is 12.8 Å². The normalized spacial score (nSPS) is 19.5. The average Bonchev–Trinajstić information content (AvgIpc) is 2.97. The summed E-state index contributed by atoms with van der Waals surface area (Å²) in [7, 11) is -3.64. The molecule has 0 aliphatic carbocycles. The Bertz CT molecular complexity index is 794. The monoisotopic (exact) mass is 339 g/mol. The molecule has 1 heterocycles. The van der Waals surface area contributed by atoms with Gasteiger partial charge in [0.15, 0.2) is 0 Å². The van der Waals surface area contributed by atoms with E-state index in [1.807, 2.05) is 0 Å². The highest BCUT2D eigenvalue weighted by Crippen LogP contribution is 2.37. The van der Waals surface area contributed by atoms with Crippen molar-refractivity contribution >= 4 is 21.6 Å². The number of hydrogen-bond acceptors (Lipinski definition) is 2. The molecule has 0 radical (unpaired) electrons. The Hall–Kier alpha value is -1.43. The Morgan fingerprint density at radius 2 is 1.91 bits per heavy atom. The van der Waals surface area contributed by atoms with Crippen LogP contribution in [0, 0.1) is 5.82 Å². The molecule has 1 aliphatic heterocycles. The fraction of sp³-hybridized carbons (Fsp3) is 0.250. The molecule has 0 spiro atoms. The van der Waals surface area contributed by atoms with Gasteiger partial charge in [0.2, 0.25) is 10.0 Å². The van der Waals surface area contributed by atoms with E-state index in [2.05, 4.69) is 0 Å². The molecule has 3 rings (SSSR count). The van der Waals surface area contributed by atoms with Gasteiger partial charge in [0.1, 0.15) is 5.82 Å². The molecule has 1 fully saturated rings. The molecule has 0 aromatic heterocycles. The smallest absolute Gasteiger partial charge is 0.207 e. The second-order valence-corrected chi connectivity index (χ2v) is 7.61. The summed E-state index contributed by atoms with van der Waals surface area (Å²) >= 11 is 5.90. The fourth-order valence-corrected chi connectivity index (χ4v) is 4.82. The SMILES string of the molecule is O=S(=O)(c1cccc(Cl)c1)N1CCC[C@H]1c1cccc(F)c1. The van der Waals surface area contributed by atoms with Crippen LogP contribution in [0.3, 0.4) is 0 Å². The Labute approximate surface area is 134 Å². The van der Waals surface area contributed by atoms with Gasteiger partial charge in [-0.15, -0.1) is 0 Å². The molecule has 0 saturated carbocycles. The van der Waals surface area contributed by atoms with Crippen LogP contribution in [0.2, 0.25) is 5.02 Å². The number of halogens is 2. The third-order valence-corrected chi connectivity index (χ3v) is 5.98. The molecule has 0 unspecified atom stereocenters. The zero-order valence-electron chi connectivity index (χ0n) is 11.7. The first-order valence-electron chi connectivity index (χ1n) is 7.01. The van der Waals surface area contributed by atoms with E-state index in [9.17, 15) is 12.8 Å². The molecule has 0 N–H and O–H groups in total. The Kier molecular flexibility index (Phi) is 4.21. The summed E-state index contributed by atoms with van der Waals surface area (Å²) in [5, 5.41) is 0.377. The molecule has 0 amide bonds. The van der Waals surface area contributed by atoms with Crippen LogP contribution in [-0.4, -0.2) is 19.3 Å². The lowest BCUT2D eigenvalue weighted by Gasteiger charge is -2.24. The van der Waals surface area contributed by atoms with Crippen molar-refractivity contribution in [2.75, 3.05) is 6.54 Å². The predicted octanol–water partition coefficient (Wildman–Crippen LogP) is 4.00. The second kappa shape index (κ2) is 5.99. The van der Waals surface area contributed by atoms with Crippen LogP contribution in [0.15, 0.2) is 53.4 Å². The van der Waals surface area contributed by atoms with E-state index in [1.165, 1.54) is 28.6 Å². The maximum atomic E-state index is 13.4. The molecule has 0 bridgehead atoms. The lowest BCUT2D eigenvalue weighted by Crippen LogP contribution is -2.30. The van der Waals surface area contributed by atoms with Gasteiger partial charge in [-0.1, -0.05) is 29.8 Å². The minimum atomic E-state index is -3.64. The summed E-state index contributed by atoms with van der Waals surface area (Å²) in [4.78, 5) is 0.170. The first-order chi connectivity index (χ1) is 10.5. The zero-order chi connectivity index (χ0) is 15.7. The topological polar surface area (TPSA) is 37.4 Å². The van der Waals surface area contributed by atoms with Crippen LogP contribution in [-0.2, 0) is 10.0 Å². The molecule has 2 aromatic carbocycles. The van der Waals surface area contributed by atoms with Gasteiger partial charge in [0.05, 0.1) is 10.9 Å². The number of rotatable bonds is 3. The second-order valence-electron chi connectivity index (χ2n) is 5.29. The van der Waals surface area contributed by atoms with Crippen molar-refractivity contribution in [3.05, 3.63) is 64.9 Å². The lowest BCUT2D eigenvalue weighted by atomic mass is 10.1. The summed E-state index contributed by atoms with van der Waals surface area (Å²) in [5.74, 6) is -0.357. The molecule has 1 atom stereocenters. The van der Waals surface area contributed by atoms with Gasteiger partial charge in [-0.25, -0.2) is 12.8 Å². The predicted molar refractivity (Wildman–Crippen MR) is 83.7 cm³/mol. The van der Waals surface area contributed by atoms with E-state index in [0.717, 1.165) is 6.42 Å². The summed E-state index contributed by atoms with van der Waals surface area (Å²) in [6.07, 6.45) is 1.43. The molecule has 22 heavy (non-hydrogen) atoms. The van der Waals surface area contributed by atoms with Gasteiger partial charge >= 0.3 is 0 Å². The average molecular weight is 340 g/mol. The number of hydrogen-bond donors (Lipinski definition) is 0. The molecule has 6 heteroatoms. The minimum Gasteiger partial charge on any atom is -0.207 e. The zero-order valence-corrected chi connectivity index (χ0v) is 13.3. The van der Waals surface area contributed by atoms with Gasteiger partial charge in [-0.05, 0) is 48.7 Å². The number of benzene rings is 2. The highest BCUT2D eigenvalue weighted by Gasteiger charge is 2.36. The Balaban J connectivity index is 1.99. The van der Waals surface area contributed by atoms with Gasteiger partial charge < -0.3 is 0 Å². The molecule has 1 aliphatic rings. The molecular formula is C16H15ClFNO2S. The standard InChI is InChI=1S/C16H15ClFNO2S/c17-13-5-2-7-15(11-13)22(20,21)19-9-3-8-16(19)12-4-1-6-14(18)10-12/h1-2,4-7,10-11,16H,3,8-9H2/t16-/m0/s1. The highest BCUT2D eigenvalue weighted by molar-refractivity contribution is 7.89. The van der Waals surface area contributed by atoms with Crippen molar-refractivity contribution in [2.24, 2.45) is 0 Å². The van der Waals surface area contributed by atoms with E-state index in [0.29, 0.717) is 23.6 Å². The van der Waals surface area contributed by atoms with E-state index in [1.54, 1.807) is 24.3 Å². The van der Waals surface area contributed by atoms with Crippen molar-refractivity contribution in [1.29, 1.82) is 0 Å². The van der Waals surface area contributed by atoms with Gasteiger partial charge in [-0.2, -0.15) is 4.31 Å². The molecule has 1 saturated heterocycles. The maximum Gasteiger partial charge on any atom is 0.243 e. The Morgan fingerprint density at radius 3 is 2.64 bits per heavy atom. The lowest BCUT2D eigenvalue weighted by molar-refractivity contribution is 0.395.